The summed E-state index contributed by atoms with van der Waals surface area (Å²) in [6.45, 7) is 8.81. The van der Waals surface area contributed by atoms with Crippen LogP contribution in [0.2, 0.25) is 5.02 Å². The molecule has 0 radical (unpaired) electrons. The summed E-state index contributed by atoms with van der Waals surface area (Å²) in [4.78, 5) is 33.9. The molecule has 0 aliphatic carbocycles. The predicted octanol–water partition coefficient (Wildman–Crippen LogP) is 6.09. The highest BCUT2D eigenvalue weighted by atomic mass is 35.5. The summed E-state index contributed by atoms with van der Waals surface area (Å²) in [5.41, 5.74) is 3.82. The van der Waals surface area contributed by atoms with Crippen molar-refractivity contribution < 1.29 is 13.6 Å². The number of amides is 1. The molecule has 0 spiro atoms. The van der Waals surface area contributed by atoms with E-state index in [0.717, 1.165) is 24.0 Å². The van der Waals surface area contributed by atoms with E-state index in [1.165, 1.54) is 12.1 Å². The van der Waals surface area contributed by atoms with E-state index >= 15 is 4.39 Å². The Morgan fingerprint density at radius 2 is 1.82 bits per heavy atom. The van der Waals surface area contributed by atoms with E-state index in [2.05, 4.69) is 23.7 Å². The first kappa shape index (κ1) is 26.8. The van der Waals surface area contributed by atoms with Crippen molar-refractivity contribution in [2.75, 3.05) is 37.6 Å². The number of nitrogens with zero attached hydrogens (tertiary/aromatic N) is 3. The van der Waals surface area contributed by atoms with E-state index in [1.807, 2.05) is 19.1 Å². The Balaban J connectivity index is 1.67. The van der Waals surface area contributed by atoms with Gasteiger partial charge in [-0.05, 0) is 67.0 Å². The molecule has 1 aromatic heterocycles. The van der Waals surface area contributed by atoms with Crippen LogP contribution in [0.15, 0.2) is 74.9 Å². The molecule has 3 aromatic carbocycles. The third kappa shape index (κ3) is 5.24. The molecule has 1 aliphatic heterocycles. The molecule has 0 saturated heterocycles. The van der Waals surface area contributed by atoms with Crippen molar-refractivity contribution in [3.05, 3.63) is 98.6 Å². The number of anilines is 1. The summed E-state index contributed by atoms with van der Waals surface area (Å²) in [6.07, 6.45) is 0. The number of carbonyl (C=O) groups excluding carboxylic acids is 1. The number of aliphatic imine (C=N–C) groups is 1. The first-order valence-electron chi connectivity index (χ1n) is 13.0. The molecule has 5 rings (SSSR count). The second-order valence-electron chi connectivity index (χ2n) is 9.52. The van der Waals surface area contributed by atoms with Crippen molar-refractivity contribution in [1.29, 1.82) is 0 Å². The largest absolute Gasteiger partial charge is 0.423 e. The van der Waals surface area contributed by atoms with Crippen LogP contribution in [0, 0.1) is 12.7 Å². The first-order chi connectivity index (χ1) is 18.8. The molecular weight excluding hydrogens is 517 g/mol. The molecular formula is C31H29ClFN3O3. The van der Waals surface area contributed by atoms with Crippen LogP contribution in [-0.4, -0.2) is 49.2 Å². The first-order valence-corrected chi connectivity index (χ1v) is 13.4. The smallest absolute Gasteiger partial charge is 0.336 e. The highest BCUT2D eigenvalue weighted by molar-refractivity contribution is 6.32. The lowest BCUT2D eigenvalue weighted by Crippen LogP contribution is -2.39. The molecule has 0 atom stereocenters. The molecule has 2 heterocycles. The molecule has 0 bridgehead atoms. The third-order valence-electron chi connectivity index (χ3n) is 7.23. The molecule has 4 aromatic rings. The highest BCUT2D eigenvalue weighted by Gasteiger charge is 2.28. The summed E-state index contributed by atoms with van der Waals surface area (Å²) < 4.78 is 21.2. The van der Waals surface area contributed by atoms with E-state index in [4.69, 9.17) is 16.0 Å². The van der Waals surface area contributed by atoms with Crippen molar-refractivity contribution in [2.24, 2.45) is 4.99 Å². The molecule has 1 aliphatic rings. The van der Waals surface area contributed by atoms with Gasteiger partial charge in [0.15, 0.2) is 0 Å². The minimum atomic E-state index is -0.480. The van der Waals surface area contributed by atoms with E-state index < -0.39 is 11.4 Å². The van der Waals surface area contributed by atoms with Gasteiger partial charge in [-0.3, -0.25) is 9.79 Å². The van der Waals surface area contributed by atoms with Gasteiger partial charge in [0, 0.05) is 40.7 Å². The number of benzodiazepines with no additional fused rings is 1. The van der Waals surface area contributed by atoms with Crippen molar-refractivity contribution >= 4 is 39.9 Å². The minimum Gasteiger partial charge on any atom is -0.423 e. The Morgan fingerprint density at radius 1 is 1.03 bits per heavy atom. The second kappa shape index (κ2) is 11.1. The second-order valence-corrected chi connectivity index (χ2v) is 9.96. The van der Waals surface area contributed by atoms with E-state index in [1.54, 1.807) is 41.3 Å². The number of hydrogen-bond donors (Lipinski definition) is 0. The molecule has 0 fully saturated rings. The lowest BCUT2D eigenvalue weighted by molar-refractivity contribution is -0.117. The van der Waals surface area contributed by atoms with Crippen LogP contribution < -0.4 is 10.5 Å². The zero-order valence-electron chi connectivity index (χ0n) is 22.1. The van der Waals surface area contributed by atoms with Crippen LogP contribution in [0.3, 0.4) is 0 Å². The van der Waals surface area contributed by atoms with Crippen molar-refractivity contribution in [2.45, 2.75) is 20.8 Å². The van der Waals surface area contributed by atoms with Gasteiger partial charge in [-0.1, -0.05) is 49.7 Å². The summed E-state index contributed by atoms with van der Waals surface area (Å²) in [5.74, 6) is -0.645. The Labute approximate surface area is 231 Å². The van der Waals surface area contributed by atoms with Gasteiger partial charge < -0.3 is 14.2 Å². The average molecular weight is 546 g/mol. The van der Waals surface area contributed by atoms with Gasteiger partial charge in [-0.25, -0.2) is 9.18 Å². The lowest BCUT2D eigenvalue weighted by Gasteiger charge is -2.27. The zero-order chi connectivity index (χ0) is 27.7. The summed E-state index contributed by atoms with van der Waals surface area (Å²) in [7, 11) is 0. The third-order valence-corrected chi connectivity index (χ3v) is 7.46. The van der Waals surface area contributed by atoms with Crippen LogP contribution in [0.4, 0.5) is 10.1 Å². The van der Waals surface area contributed by atoms with Crippen molar-refractivity contribution in [3.63, 3.8) is 0 Å². The topological polar surface area (TPSA) is 66.1 Å². The Kier molecular flexibility index (Phi) is 7.64. The Bertz CT molecular complexity index is 1660. The SMILES string of the molecule is CCN(CC)CCN1C(=O)CN=C(c2c(F)cccc2-c2ccc3c(C)cc(=O)oc3c2)c2cc(Cl)ccc21. The standard InChI is InChI=1S/C31H29ClFN3O3/c1-4-35(5-2)13-14-36-26-12-10-21(32)17-24(26)31(34-18-28(36)37)30-23(7-6-8-25(30)33)20-9-11-22-19(3)15-29(38)39-27(22)16-20/h6-12,15-17H,4-5,13-14,18H2,1-3H3. The van der Waals surface area contributed by atoms with Gasteiger partial charge in [0.1, 0.15) is 17.9 Å². The fourth-order valence-electron chi connectivity index (χ4n) is 5.12. The van der Waals surface area contributed by atoms with Crippen LogP contribution in [0.1, 0.15) is 30.5 Å². The maximum absolute atomic E-state index is 15.7. The number of fused-ring (bicyclic) bond motifs is 2. The molecule has 0 saturated carbocycles. The predicted molar refractivity (Wildman–Crippen MR) is 155 cm³/mol. The quantitative estimate of drug-likeness (QED) is 0.264. The van der Waals surface area contributed by atoms with E-state index in [9.17, 15) is 9.59 Å². The van der Waals surface area contributed by atoms with Crippen LogP contribution in [0.5, 0.6) is 0 Å². The number of aryl methyl sites for hydroxylation is 1. The normalized spacial score (nSPS) is 13.5. The number of likely N-dealkylation sites (N-methyl/N-ethyl adjacent to an activating group) is 1. The fourth-order valence-corrected chi connectivity index (χ4v) is 5.29. The van der Waals surface area contributed by atoms with E-state index in [-0.39, 0.29) is 18.0 Å². The summed E-state index contributed by atoms with van der Waals surface area (Å²) in [5, 5.41) is 1.26. The summed E-state index contributed by atoms with van der Waals surface area (Å²) in [6, 6.07) is 17.0. The molecule has 0 N–H and O–H groups in total. The van der Waals surface area contributed by atoms with Crippen LogP contribution in [-0.2, 0) is 4.79 Å². The van der Waals surface area contributed by atoms with Crippen LogP contribution in [0.25, 0.3) is 22.1 Å². The number of rotatable bonds is 7. The molecule has 200 valence electrons. The molecule has 39 heavy (non-hydrogen) atoms. The van der Waals surface area contributed by atoms with Gasteiger partial charge in [-0.2, -0.15) is 0 Å². The highest BCUT2D eigenvalue weighted by Crippen LogP contribution is 2.35. The van der Waals surface area contributed by atoms with Gasteiger partial charge in [-0.15, -0.1) is 0 Å². The Morgan fingerprint density at radius 3 is 2.59 bits per heavy atom. The Hall–Kier alpha value is -3.81. The zero-order valence-corrected chi connectivity index (χ0v) is 22.9. The molecule has 6 nitrogen and oxygen atoms in total. The van der Waals surface area contributed by atoms with Gasteiger partial charge in [0.25, 0.3) is 0 Å². The number of benzene rings is 3. The summed E-state index contributed by atoms with van der Waals surface area (Å²) >= 11 is 6.43. The van der Waals surface area contributed by atoms with E-state index in [0.29, 0.717) is 51.8 Å². The maximum Gasteiger partial charge on any atom is 0.336 e. The van der Waals surface area contributed by atoms with Gasteiger partial charge >= 0.3 is 5.63 Å². The molecule has 8 heteroatoms. The van der Waals surface area contributed by atoms with Gasteiger partial charge in [0.2, 0.25) is 5.91 Å². The lowest BCUT2D eigenvalue weighted by atomic mass is 9.91. The van der Waals surface area contributed by atoms with Crippen LogP contribution >= 0.6 is 11.6 Å². The number of hydrogen-bond acceptors (Lipinski definition) is 5. The molecule has 1 amide bonds. The van der Waals surface area contributed by atoms with Crippen molar-refractivity contribution in [1.82, 2.24) is 4.90 Å². The molecule has 0 unspecified atom stereocenters. The van der Waals surface area contributed by atoms with Gasteiger partial charge in [0.05, 0.1) is 11.4 Å². The number of carbonyl (C=O) groups is 1. The maximum atomic E-state index is 15.7. The fraction of sp³-hybridized carbons (Fsp3) is 0.258. The number of halogens is 2. The average Bonchev–Trinajstić information content (AvgIpc) is 3.04. The minimum absolute atomic E-state index is 0.126. The monoisotopic (exact) mass is 545 g/mol. The van der Waals surface area contributed by atoms with Crippen molar-refractivity contribution in [3.8, 4) is 11.1 Å².